The lowest BCUT2D eigenvalue weighted by Gasteiger charge is -2.29. The lowest BCUT2D eigenvalue weighted by Crippen LogP contribution is -2.55. The predicted molar refractivity (Wildman–Crippen MR) is 150 cm³/mol. The van der Waals surface area contributed by atoms with E-state index in [-0.39, 0.29) is 19.1 Å². The number of nitrogens with zero attached hydrogens (tertiary/aromatic N) is 2. The molecule has 9 heteroatoms. The molecule has 200 valence electrons. The molecule has 2 atom stereocenters. The van der Waals surface area contributed by atoms with Crippen molar-refractivity contribution in [3.05, 3.63) is 70.7 Å². The van der Waals surface area contributed by atoms with E-state index in [1.807, 2.05) is 54.6 Å². The Bertz CT molecular complexity index is 1370. The first-order chi connectivity index (χ1) is 18.0. The van der Waals surface area contributed by atoms with E-state index < -0.39 is 29.7 Å². The van der Waals surface area contributed by atoms with E-state index in [4.69, 9.17) is 9.47 Å². The highest BCUT2D eigenvalue weighted by atomic mass is 79.9. The third-order valence-corrected chi connectivity index (χ3v) is 7.07. The van der Waals surface area contributed by atoms with E-state index >= 15 is 0 Å². The van der Waals surface area contributed by atoms with Crippen molar-refractivity contribution in [2.75, 3.05) is 18.6 Å². The van der Waals surface area contributed by atoms with E-state index in [0.29, 0.717) is 11.4 Å². The Kier molecular flexibility index (Phi) is 7.97. The van der Waals surface area contributed by atoms with E-state index in [9.17, 15) is 14.4 Å². The van der Waals surface area contributed by atoms with Crippen molar-refractivity contribution in [1.29, 1.82) is 0 Å². The largest absolute Gasteiger partial charge is 0.489 e. The molecule has 8 nitrogen and oxygen atoms in total. The van der Waals surface area contributed by atoms with Crippen molar-refractivity contribution in [3.63, 3.8) is 0 Å². The van der Waals surface area contributed by atoms with Gasteiger partial charge in [0, 0.05) is 11.5 Å². The minimum Gasteiger partial charge on any atom is -0.489 e. The second-order valence-electron chi connectivity index (χ2n) is 10.3. The fraction of sp³-hybridized carbons (Fsp3) is 0.345. The molecule has 0 aliphatic carbocycles. The molecule has 1 aliphatic rings. The first-order valence-electron chi connectivity index (χ1n) is 12.4. The third kappa shape index (κ3) is 5.93. The monoisotopic (exact) mass is 581 g/mol. The first kappa shape index (κ1) is 27.4. The molecular formula is C29H32BrN3O5. The van der Waals surface area contributed by atoms with Crippen LogP contribution in [0.4, 0.5) is 10.5 Å². The minimum absolute atomic E-state index is 0.0396. The average Bonchev–Trinajstić information content (AvgIpc) is 3.00. The van der Waals surface area contributed by atoms with Gasteiger partial charge in [0.05, 0.1) is 12.2 Å². The number of nitrogens with one attached hydrogen (secondary N) is 1. The van der Waals surface area contributed by atoms with Gasteiger partial charge in [0.25, 0.3) is 5.91 Å². The van der Waals surface area contributed by atoms with Crippen LogP contribution in [0.15, 0.2) is 65.1 Å². The number of hydrogen-bond donors (Lipinski definition) is 1. The number of fused-ring (bicyclic) bond motifs is 2. The SMILES string of the molecule is C[C@@H](C(=O)N[C@H]1COc2ccccc2N(Cc2ccc(Br)c3ccccc23)C1=O)N(C)C(=O)OC(C)(C)C. The van der Waals surface area contributed by atoms with Crippen molar-refractivity contribution >= 4 is 50.3 Å². The van der Waals surface area contributed by atoms with Gasteiger partial charge in [0.2, 0.25) is 5.91 Å². The maximum absolute atomic E-state index is 13.9. The lowest BCUT2D eigenvalue weighted by atomic mass is 10.0. The summed E-state index contributed by atoms with van der Waals surface area (Å²) in [5.41, 5.74) is 0.882. The Morgan fingerprint density at radius 1 is 1.11 bits per heavy atom. The molecule has 0 spiro atoms. The number of anilines is 1. The Hall–Kier alpha value is -3.59. The molecule has 3 aromatic rings. The number of carbonyl (C=O) groups excluding carboxylic acids is 3. The van der Waals surface area contributed by atoms with Gasteiger partial charge in [-0.1, -0.05) is 58.4 Å². The van der Waals surface area contributed by atoms with Crippen LogP contribution in [0.1, 0.15) is 33.3 Å². The van der Waals surface area contributed by atoms with Gasteiger partial charge in [0.15, 0.2) is 0 Å². The topological polar surface area (TPSA) is 88.2 Å². The molecule has 0 saturated heterocycles. The van der Waals surface area contributed by atoms with Crippen molar-refractivity contribution in [2.24, 2.45) is 0 Å². The van der Waals surface area contributed by atoms with Gasteiger partial charge in [-0.3, -0.25) is 14.5 Å². The summed E-state index contributed by atoms with van der Waals surface area (Å²) in [6.45, 7) is 7.10. The summed E-state index contributed by atoms with van der Waals surface area (Å²) in [5.74, 6) is -0.235. The molecule has 0 aromatic heterocycles. The number of rotatable bonds is 5. The molecule has 4 rings (SSSR count). The number of carbonyl (C=O) groups is 3. The predicted octanol–water partition coefficient (Wildman–Crippen LogP) is 5.27. The summed E-state index contributed by atoms with van der Waals surface area (Å²) < 4.78 is 12.3. The fourth-order valence-corrected chi connectivity index (χ4v) is 4.69. The van der Waals surface area contributed by atoms with Crippen LogP contribution < -0.4 is 15.0 Å². The number of benzene rings is 3. The second kappa shape index (κ2) is 11.0. The molecule has 3 aromatic carbocycles. The van der Waals surface area contributed by atoms with Crippen LogP contribution in [-0.2, 0) is 20.9 Å². The zero-order valence-electron chi connectivity index (χ0n) is 22.2. The number of likely N-dealkylation sites (N-methyl/N-ethyl adjacent to an activating group) is 1. The molecule has 38 heavy (non-hydrogen) atoms. The lowest BCUT2D eigenvalue weighted by molar-refractivity contribution is -0.130. The number of amides is 3. The summed E-state index contributed by atoms with van der Waals surface area (Å²) >= 11 is 3.61. The zero-order valence-corrected chi connectivity index (χ0v) is 23.7. The molecule has 1 heterocycles. The summed E-state index contributed by atoms with van der Waals surface area (Å²) in [6, 6.07) is 17.4. The molecule has 0 fully saturated rings. The summed E-state index contributed by atoms with van der Waals surface area (Å²) in [7, 11) is 1.49. The smallest absolute Gasteiger partial charge is 0.410 e. The second-order valence-corrected chi connectivity index (χ2v) is 11.1. The number of halogens is 1. The molecule has 0 saturated carbocycles. The van der Waals surface area contributed by atoms with Crippen LogP contribution in [0, 0.1) is 0 Å². The van der Waals surface area contributed by atoms with E-state index in [2.05, 4.69) is 21.2 Å². The maximum Gasteiger partial charge on any atom is 0.410 e. The molecular weight excluding hydrogens is 550 g/mol. The highest BCUT2D eigenvalue weighted by Crippen LogP contribution is 2.34. The standard InChI is InChI=1S/C29H32BrN3O5/c1-18(32(5)28(36)38-29(2,3)4)26(34)31-23-17-37-25-13-9-8-12-24(25)33(27(23)35)16-19-14-15-22(30)21-11-7-6-10-20(19)21/h6-15,18,23H,16-17H2,1-5H3,(H,31,34)/t18-,23-/m0/s1. The van der Waals surface area contributed by atoms with E-state index in [0.717, 1.165) is 20.8 Å². The van der Waals surface area contributed by atoms with Crippen molar-refractivity contribution in [2.45, 2.75) is 51.9 Å². The minimum atomic E-state index is -0.953. The Morgan fingerprint density at radius 3 is 2.47 bits per heavy atom. The third-order valence-electron chi connectivity index (χ3n) is 6.37. The van der Waals surface area contributed by atoms with Crippen LogP contribution in [0.5, 0.6) is 5.75 Å². The molecule has 0 radical (unpaired) electrons. The normalized spacial score (nSPS) is 16.2. The Balaban J connectivity index is 1.60. The molecule has 1 aliphatic heterocycles. The van der Waals surface area contributed by atoms with Crippen molar-refractivity contribution < 1.29 is 23.9 Å². The molecule has 1 N–H and O–H groups in total. The molecule has 0 unspecified atom stereocenters. The highest BCUT2D eigenvalue weighted by molar-refractivity contribution is 9.10. The Morgan fingerprint density at radius 2 is 1.76 bits per heavy atom. The molecule has 3 amide bonds. The quantitative estimate of drug-likeness (QED) is 0.443. The Labute approximate surface area is 231 Å². The van der Waals surface area contributed by atoms with Gasteiger partial charge in [-0.25, -0.2) is 4.79 Å². The van der Waals surface area contributed by atoms with Crippen LogP contribution >= 0.6 is 15.9 Å². The van der Waals surface area contributed by atoms with Gasteiger partial charge < -0.3 is 19.7 Å². The van der Waals surface area contributed by atoms with Gasteiger partial charge in [-0.05, 0) is 62.2 Å². The van der Waals surface area contributed by atoms with Gasteiger partial charge in [0.1, 0.15) is 30.0 Å². The van der Waals surface area contributed by atoms with Crippen molar-refractivity contribution in [1.82, 2.24) is 10.2 Å². The number of hydrogen-bond acceptors (Lipinski definition) is 5. The first-order valence-corrected chi connectivity index (χ1v) is 13.2. The maximum atomic E-state index is 13.9. The molecule has 0 bridgehead atoms. The summed E-state index contributed by atoms with van der Waals surface area (Å²) in [5, 5.41) is 4.85. The van der Waals surface area contributed by atoms with Crippen LogP contribution in [-0.4, -0.2) is 54.1 Å². The van der Waals surface area contributed by atoms with Gasteiger partial charge in [-0.2, -0.15) is 0 Å². The highest BCUT2D eigenvalue weighted by Gasteiger charge is 2.35. The summed E-state index contributed by atoms with van der Waals surface area (Å²) in [4.78, 5) is 42.3. The van der Waals surface area contributed by atoms with E-state index in [1.165, 1.54) is 11.9 Å². The van der Waals surface area contributed by atoms with Gasteiger partial charge >= 0.3 is 6.09 Å². The van der Waals surface area contributed by atoms with E-state index in [1.54, 1.807) is 38.7 Å². The average molecular weight is 582 g/mol. The number of para-hydroxylation sites is 2. The zero-order chi connectivity index (χ0) is 27.6. The van der Waals surface area contributed by atoms with Crippen molar-refractivity contribution in [3.8, 4) is 5.75 Å². The van der Waals surface area contributed by atoms with Gasteiger partial charge in [-0.15, -0.1) is 0 Å². The summed E-state index contributed by atoms with van der Waals surface area (Å²) in [6.07, 6.45) is -0.625. The van der Waals surface area contributed by atoms with Crippen LogP contribution in [0.3, 0.4) is 0 Å². The fourth-order valence-electron chi connectivity index (χ4n) is 4.21. The van der Waals surface area contributed by atoms with Crippen LogP contribution in [0.25, 0.3) is 10.8 Å². The number of ether oxygens (including phenoxy) is 2. The van der Waals surface area contributed by atoms with Crippen LogP contribution in [0.2, 0.25) is 0 Å².